The van der Waals surface area contributed by atoms with Crippen molar-refractivity contribution in [2.24, 2.45) is 0 Å². The Kier molecular flexibility index (Phi) is 7.43. The van der Waals surface area contributed by atoms with Crippen molar-refractivity contribution in [1.82, 2.24) is 4.57 Å². The van der Waals surface area contributed by atoms with Crippen molar-refractivity contribution in [2.45, 2.75) is 123 Å². The molecule has 0 unspecified atom stereocenters. The number of hydrogen-bond donors (Lipinski definition) is 0. The first-order valence-corrected chi connectivity index (χ1v) is 24.1. The van der Waals surface area contributed by atoms with E-state index >= 15 is 0 Å². The van der Waals surface area contributed by atoms with Crippen LogP contribution in [0.25, 0.3) is 71.7 Å². The van der Waals surface area contributed by atoms with Crippen LogP contribution in [0.4, 0.5) is 11.4 Å². The smallest absolute Gasteiger partial charge is 0.333 e. The van der Waals surface area contributed by atoms with Crippen molar-refractivity contribution in [3.8, 4) is 27.9 Å². The third-order valence-electron chi connectivity index (χ3n) is 16.8. The maximum atomic E-state index is 7.06. The first-order chi connectivity index (χ1) is 30.7. The number of benzene rings is 7. The van der Waals surface area contributed by atoms with Gasteiger partial charge in [-0.25, -0.2) is 0 Å². The van der Waals surface area contributed by atoms with Gasteiger partial charge >= 0.3 is 6.85 Å². The summed E-state index contributed by atoms with van der Waals surface area (Å²) in [4.78, 5) is 2.67. The zero-order valence-electron chi connectivity index (χ0n) is 40.3. The molecule has 3 nitrogen and oxygen atoms in total. The molecule has 2 aliphatic heterocycles. The van der Waals surface area contributed by atoms with Crippen LogP contribution < -0.4 is 15.7 Å². The topological polar surface area (TPSA) is 21.3 Å². The number of aromatic nitrogens is 1. The van der Waals surface area contributed by atoms with Crippen LogP contribution in [0, 0.1) is 0 Å². The lowest BCUT2D eigenvalue weighted by molar-refractivity contribution is 0.332. The van der Waals surface area contributed by atoms with Crippen LogP contribution >= 0.6 is 0 Å². The summed E-state index contributed by atoms with van der Waals surface area (Å²) in [6.07, 6.45) is 2.35. The zero-order chi connectivity index (χ0) is 45.1. The normalized spacial score (nSPS) is 17.4. The van der Waals surface area contributed by atoms with Gasteiger partial charge in [-0.15, -0.1) is 0 Å². The van der Waals surface area contributed by atoms with Gasteiger partial charge in [0, 0.05) is 55.7 Å². The average Bonchev–Trinajstić information content (AvgIpc) is 3.86. The van der Waals surface area contributed by atoms with Crippen molar-refractivity contribution < 1.29 is 4.42 Å². The van der Waals surface area contributed by atoms with Crippen LogP contribution in [0.3, 0.4) is 0 Å². The van der Waals surface area contributed by atoms with Gasteiger partial charge in [-0.05, 0) is 144 Å². The Morgan fingerprint density at radius 1 is 0.508 bits per heavy atom. The Morgan fingerprint density at radius 2 is 1.15 bits per heavy atom. The standard InChI is InChI=1S/C61H59BN2O/c1-57(2,3)34-17-20-36(21-18-34)64-52-33-54-43(44-30-47-48(32-53(44)65-54)60(9,10)26-25-59(47,7)8)28-41(52)38-22-23-39-42-29-46-40(37-15-13-14-16-45(37)61(46,11)12)31-51(42)63-50-24-19-35(58(4,5)6)27-49(50)62(64)55(38)56(39)63/h13-24,27-33H,25-26H2,1-12H3. The van der Waals surface area contributed by atoms with Crippen LogP contribution in [-0.2, 0) is 27.1 Å². The molecule has 4 heteroatoms. The highest BCUT2D eigenvalue weighted by Gasteiger charge is 2.46. The lowest BCUT2D eigenvalue weighted by atomic mass is 9.43. The molecule has 0 bridgehead atoms. The van der Waals surface area contributed by atoms with Crippen molar-refractivity contribution in [1.29, 1.82) is 0 Å². The summed E-state index contributed by atoms with van der Waals surface area (Å²) in [7, 11) is 0. The number of hydrogen-bond acceptors (Lipinski definition) is 2. The summed E-state index contributed by atoms with van der Waals surface area (Å²) in [5, 5.41) is 5.06. The molecule has 322 valence electrons. The molecule has 0 radical (unpaired) electrons. The Labute approximate surface area is 384 Å². The molecule has 4 aliphatic rings. The quantitative estimate of drug-likeness (QED) is 0.154. The molecule has 0 N–H and O–H groups in total. The minimum Gasteiger partial charge on any atom is -0.456 e. The molecule has 0 fully saturated rings. The summed E-state index contributed by atoms with van der Waals surface area (Å²) in [6.45, 7) is 28.4. The lowest BCUT2D eigenvalue weighted by Gasteiger charge is -2.42. The molecule has 0 saturated carbocycles. The van der Waals surface area contributed by atoms with Crippen molar-refractivity contribution in [3.05, 3.63) is 149 Å². The maximum absolute atomic E-state index is 7.06. The van der Waals surface area contributed by atoms with Gasteiger partial charge in [-0.3, -0.25) is 0 Å². The molecular weight excluding hydrogens is 787 g/mol. The summed E-state index contributed by atoms with van der Waals surface area (Å²) >= 11 is 0. The Bertz CT molecular complexity index is 3600. The number of anilines is 2. The highest BCUT2D eigenvalue weighted by atomic mass is 16.3. The molecule has 9 aromatic rings. The van der Waals surface area contributed by atoms with Gasteiger partial charge in [0.15, 0.2) is 0 Å². The maximum Gasteiger partial charge on any atom is 0.333 e. The molecule has 0 saturated heterocycles. The Balaban J connectivity index is 1.17. The first kappa shape index (κ1) is 39.4. The van der Waals surface area contributed by atoms with Gasteiger partial charge in [0.05, 0.1) is 11.0 Å². The van der Waals surface area contributed by atoms with Gasteiger partial charge < -0.3 is 13.8 Å². The van der Waals surface area contributed by atoms with E-state index in [1.165, 1.54) is 129 Å². The zero-order valence-corrected chi connectivity index (χ0v) is 40.3. The minimum absolute atomic E-state index is 0.0342. The van der Waals surface area contributed by atoms with E-state index in [0.717, 1.165) is 11.2 Å². The van der Waals surface area contributed by atoms with Crippen molar-refractivity contribution >= 4 is 72.9 Å². The van der Waals surface area contributed by atoms with E-state index in [-0.39, 0.29) is 33.9 Å². The largest absolute Gasteiger partial charge is 0.456 e. The summed E-state index contributed by atoms with van der Waals surface area (Å²) in [5.41, 5.74) is 24.7. The van der Waals surface area contributed by atoms with E-state index in [2.05, 4.69) is 208 Å². The number of nitrogens with zero attached hydrogens (tertiary/aromatic N) is 2. The molecule has 0 atom stereocenters. The van der Waals surface area contributed by atoms with Gasteiger partial charge in [-0.1, -0.05) is 144 Å². The van der Waals surface area contributed by atoms with Crippen LogP contribution in [0.15, 0.2) is 120 Å². The highest BCUT2D eigenvalue weighted by molar-refractivity contribution is 6.93. The summed E-state index contributed by atoms with van der Waals surface area (Å²) in [5.74, 6) is 0. The fourth-order valence-corrected chi connectivity index (χ4v) is 12.8. The Morgan fingerprint density at radius 3 is 1.88 bits per heavy atom. The molecule has 0 amide bonds. The van der Waals surface area contributed by atoms with E-state index < -0.39 is 0 Å². The van der Waals surface area contributed by atoms with Gasteiger partial charge in [0.1, 0.15) is 11.2 Å². The minimum atomic E-state index is -0.0944. The fourth-order valence-electron chi connectivity index (χ4n) is 12.8. The van der Waals surface area contributed by atoms with Crippen LogP contribution in [0.2, 0.25) is 0 Å². The van der Waals surface area contributed by atoms with E-state index in [4.69, 9.17) is 4.42 Å². The fraction of sp³-hybridized carbons (Fsp3) is 0.311. The van der Waals surface area contributed by atoms with Crippen LogP contribution in [0.1, 0.15) is 129 Å². The van der Waals surface area contributed by atoms with Gasteiger partial charge in [0.25, 0.3) is 0 Å². The molecule has 0 spiro atoms. The first-order valence-electron chi connectivity index (χ1n) is 24.1. The lowest BCUT2D eigenvalue weighted by Crippen LogP contribution is -2.60. The van der Waals surface area contributed by atoms with Crippen molar-refractivity contribution in [3.63, 3.8) is 0 Å². The van der Waals surface area contributed by atoms with E-state index in [0.29, 0.717) is 0 Å². The monoisotopic (exact) mass is 846 g/mol. The SMILES string of the molecule is CC(C)(C)c1ccc(N2B3c4cc(C(C)(C)C)ccc4-n4c5cc6c(cc5c5ccc(c3c54)-c3cc4c(cc32)oc2cc3c(cc24)C(C)(C)CCC3(C)C)C(C)(C)c2ccccc2-6)cc1. The Hall–Kier alpha value is -6.00. The second-order valence-electron chi connectivity index (χ2n) is 24.1. The molecule has 4 heterocycles. The molecule has 2 aliphatic carbocycles. The van der Waals surface area contributed by atoms with Gasteiger partial charge in [0.2, 0.25) is 0 Å². The molecule has 13 rings (SSSR count). The molecular formula is C61H59BN2O. The highest BCUT2D eigenvalue weighted by Crippen LogP contribution is 2.54. The van der Waals surface area contributed by atoms with Crippen LogP contribution in [0.5, 0.6) is 0 Å². The number of fused-ring (bicyclic) bond motifs is 15. The second-order valence-corrected chi connectivity index (χ2v) is 24.1. The third-order valence-corrected chi connectivity index (χ3v) is 16.8. The average molecular weight is 847 g/mol. The molecule has 7 aromatic carbocycles. The number of furan rings is 1. The number of rotatable bonds is 1. The summed E-state index contributed by atoms with van der Waals surface area (Å²) < 4.78 is 9.70. The second kappa shape index (κ2) is 12.3. The van der Waals surface area contributed by atoms with E-state index in [9.17, 15) is 0 Å². The third kappa shape index (κ3) is 5.15. The van der Waals surface area contributed by atoms with E-state index in [1.54, 1.807) is 0 Å². The molecule has 2 aromatic heterocycles. The van der Waals surface area contributed by atoms with Gasteiger partial charge in [-0.2, -0.15) is 0 Å². The van der Waals surface area contributed by atoms with Crippen molar-refractivity contribution in [2.75, 3.05) is 4.81 Å². The van der Waals surface area contributed by atoms with Crippen LogP contribution in [-0.4, -0.2) is 11.4 Å². The predicted octanol–water partition coefficient (Wildman–Crippen LogP) is 15.2. The summed E-state index contributed by atoms with van der Waals surface area (Å²) in [6, 6.07) is 45.6. The van der Waals surface area contributed by atoms with E-state index in [1.807, 2.05) is 0 Å². The predicted molar refractivity (Wildman–Crippen MR) is 277 cm³/mol. The molecule has 65 heavy (non-hydrogen) atoms.